The topological polar surface area (TPSA) is 68.5 Å². The molecule has 1 aromatic heterocycles. The van der Waals surface area contributed by atoms with Crippen molar-refractivity contribution in [3.05, 3.63) is 11.1 Å². The normalized spacial score (nSPS) is 21.9. The van der Waals surface area contributed by atoms with E-state index >= 15 is 0 Å². The van der Waals surface area contributed by atoms with Crippen LogP contribution in [-0.4, -0.2) is 40.1 Å². The zero-order chi connectivity index (χ0) is 13.6. The molecule has 0 radical (unpaired) electrons. The van der Waals surface area contributed by atoms with E-state index in [0.29, 0.717) is 23.9 Å². The van der Waals surface area contributed by atoms with Gasteiger partial charge in [0.05, 0.1) is 11.2 Å². The van der Waals surface area contributed by atoms with Crippen LogP contribution in [0.25, 0.3) is 0 Å². The summed E-state index contributed by atoms with van der Waals surface area (Å²) in [6, 6.07) is 0. The Balaban J connectivity index is 2.20. The van der Waals surface area contributed by atoms with Gasteiger partial charge in [0.15, 0.2) is 5.13 Å². The Morgan fingerprint density at radius 1 is 1.39 bits per heavy atom. The van der Waals surface area contributed by atoms with Crippen LogP contribution in [0.3, 0.4) is 0 Å². The van der Waals surface area contributed by atoms with Crippen LogP contribution >= 0.6 is 11.3 Å². The minimum absolute atomic E-state index is 0.0765. The molecular weight excluding hydrogens is 250 g/mol. The second-order valence-electron chi connectivity index (χ2n) is 5.85. The fourth-order valence-corrected chi connectivity index (χ4v) is 3.02. The predicted octanol–water partition coefficient (Wildman–Crippen LogP) is 1.75. The second-order valence-corrected chi connectivity index (χ2v) is 6.74. The second kappa shape index (κ2) is 4.20. The summed E-state index contributed by atoms with van der Waals surface area (Å²) in [5.41, 5.74) is 5.29. The van der Waals surface area contributed by atoms with E-state index in [0.717, 1.165) is 0 Å². The van der Waals surface area contributed by atoms with Crippen LogP contribution in [0.5, 0.6) is 0 Å². The number of ether oxygens (including phenoxy) is 1. The standard InChI is InChI=1S/C12H19N3O2S/c1-11(2)6-15(7-12(3,4)17-11)9(16)8-5-18-10(13)14-8/h5H,6-7H2,1-4H3,(H2,13,14). The molecule has 2 heterocycles. The number of thiazole rings is 1. The van der Waals surface area contributed by atoms with Crippen LogP contribution < -0.4 is 5.73 Å². The molecule has 0 aliphatic carbocycles. The Morgan fingerprint density at radius 3 is 2.39 bits per heavy atom. The van der Waals surface area contributed by atoms with Gasteiger partial charge < -0.3 is 15.4 Å². The first kappa shape index (κ1) is 13.3. The first-order chi connectivity index (χ1) is 8.19. The van der Waals surface area contributed by atoms with Gasteiger partial charge in [-0.3, -0.25) is 4.79 Å². The fraction of sp³-hybridized carbons (Fsp3) is 0.667. The first-order valence-corrected chi connectivity index (χ1v) is 6.77. The Bertz CT molecular complexity index is 452. The smallest absolute Gasteiger partial charge is 0.273 e. The SMILES string of the molecule is CC1(C)CN(C(=O)c2csc(N)n2)CC(C)(C)O1. The highest BCUT2D eigenvalue weighted by atomic mass is 32.1. The molecule has 5 nitrogen and oxygen atoms in total. The van der Waals surface area contributed by atoms with Crippen LogP contribution in [0.15, 0.2) is 5.38 Å². The number of hydrogen-bond acceptors (Lipinski definition) is 5. The number of nitrogen functional groups attached to an aromatic ring is 1. The van der Waals surface area contributed by atoms with E-state index < -0.39 is 0 Å². The van der Waals surface area contributed by atoms with Crippen molar-refractivity contribution in [2.45, 2.75) is 38.9 Å². The summed E-state index contributed by atoms with van der Waals surface area (Å²) < 4.78 is 5.95. The van der Waals surface area contributed by atoms with Gasteiger partial charge in [-0.15, -0.1) is 11.3 Å². The van der Waals surface area contributed by atoms with Crippen LogP contribution in [0, 0.1) is 0 Å². The molecule has 0 aromatic carbocycles. The first-order valence-electron chi connectivity index (χ1n) is 5.89. The number of amides is 1. The summed E-state index contributed by atoms with van der Waals surface area (Å²) in [7, 11) is 0. The minimum atomic E-state index is -0.348. The molecule has 0 atom stereocenters. The summed E-state index contributed by atoms with van der Waals surface area (Å²) in [4.78, 5) is 18.2. The van der Waals surface area contributed by atoms with Crippen molar-refractivity contribution in [3.63, 3.8) is 0 Å². The largest absolute Gasteiger partial charge is 0.375 e. The number of carbonyl (C=O) groups is 1. The summed E-state index contributed by atoms with van der Waals surface area (Å²) in [5, 5.41) is 2.12. The molecule has 2 N–H and O–H groups in total. The lowest BCUT2D eigenvalue weighted by molar-refractivity contribution is -0.171. The average molecular weight is 269 g/mol. The number of nitrogens with two attached hydrogens (primary N) is 1. The summed E-state index contributed by atoms with van der Waals surface area (Å²) in [6.45, 7) is 9.08. The Kier molecular flexibility index (Phi) is 3.11. The van der Waals surface area contributed by atoms with Crippen molar-refractivity contribution in [1.29, 1.82) is 0 Å². The summed E-state index contributed by atoms with van der Waals surface area (Å²) >= 11 is 1.28. The number of nitrogens with zero attached hydrogens (tertiary/aromatic N) is 2. The van der Waals surface area contributed by atoms with Crippen LogP contribution in [-0.2, 0) is 4.74 Å². The van der Waals surface area contributed by atoms with Crippen molar-refractivity contribution >= 4 is 22.4 Å². The Morgan fingerprint density at radius 2 is 1.94 bits per heavy atom. The summed E-state index contributed by atoms with van der Waals surface area (Å²) in [5.74, 6) is -0.0765. The number of morpholine rings is 1. The molecule has 0 saturated carbocycles. The molecule has 1 saturated heterocycles. The average Bonchev–Trinajstić information content (AvgIpc) is 2.58. The lowest BCUT2D eigenvalue weighted by Crippen LogP contribution is -2.58. The van der Waals surface area contributed by atoms with Gasteiger partial charge in [-0.05, 0) is 27.7 Å². The number of rotatable bonds is 1. The highest BCUT2D eigenvalue weighted by Crippen LogP contribution is 2.29. The molecule has 0 unspecified atom stereocenters. The number of anilines is 1. The highest BCUT2D eigenvalue weighted by molar-refractivity contribution is 7.13. The van der Waals surface area contributed by atoms with E-state index in [4.69, 9.17) is 10.5 Å². The molecule has 100 valence electrons. The van der Waals surface area contributed by atoms with Gasteiger partial charge in [0, 0.05) is 18.5 Å². The third kappa shape index (κ3) is 2.81. The van der Waals surface area contributed by atoms with E-state index in [1.807, 2.05) is 27.7 Å². The van der Waals surface area contributed by atoms with Crippen molar-refractivity contribution in [1.82, 2.24) is 9.88 Å². The number of hydrogen-bond donors (Lipinski definition) is 1. The summed E-state index contributed by atoms with van der Waals surface area (Å²) in [6.07, 6.45) is 0. The van der Waals surface area contributed by atoms with Gasteiger partial charge in [-0.2, -0.15) is 0 Å². The maximum atomic E-state index is 12.3. The molecule has 18 heavy (non-hydrogen) atoms. The zero-order valence-corrected chi connectivity index (χ0v) is 12.0. The van der Waals surface area contributed by atoms with Gasteiger partial charge in [0.25, 0.3) is 5.91 Å². The van der Waals surface area contributed by atoms with Crippen LogP contribution in [0.2, 0.25) is 0 Å². The fourth-order valence-electron chi connectivity index (χ4n) is 2.48. The van der Waals surface area contributed by atoms with Crippen molar-refractivity contribution in [2.24, 2.45) is 0 Å². The molecule has 0 spiro atoms. The maximum Gasteiger partial charge on any atom is 0.273 e. The van der Waals surface area contributed by atoms with E-state index in [1.165, 1.54) is 11.3 Å². The lowest BCUT2D eigenvalue weighted by atomic mass is 9.99. The van der Waals surface area contributed by atoms with E-state index in [9.17, 15) is 4.79 Å². The molecule has 1 aliphatic rings. The molecule has 2 rings (SSSR count). The highest BCUT2D eigenvalue weighted by Gasteiger charge is 2.40. The maximum absolute atomic E-state index is 12.3. The Labute approximate surface area is 111 Å². The number of aromatic nitrogens is 1. The number of carbonyl (C=O) groups excluding carboxylic acids is 1. The van der Waals surface area contributed by atoms with Crippen LogP contribution in [0.1, 0.15) is 38.2 Å². The molecular formula is C12H19N3O2S. The molecule has 1 fully saturated rings. The predicted molar refractivity (Wildman–Crippen MR) is 71.7 cm³/mol. The third-order valence-corrected chi connectivity index (χ3v) is 3.40. The van der Waals surface area contributed by atoms with Crippen molar-refractivity contribution < 1.29 is 9.53 Å². The zero-order valence-electron chi connectivity index (χ0n) is 11.2. The van der Waals surface area contributed by atoms with Gasteiger partial charge in [-0.1, -0.05) is 0 Å². The van der Waals surface area contributed by atoms with E-state index in [-0.39, 0.29) is 17.1 Å². The van der Waals surface area contributed by atoms with Crippen LogP contribution in [0.4, 0.5) is 5.13 Å². The third-order valence-electron chi connectivity index (χ3n) is 2.72. The monoisotopic (exact) mass is 269 g/mol. The van der Waals surface area contributed by atoms with E-state index in [2.05, 4.69) is 4.98 Å². The van der Waals surface area contributed by atoms with Gasteiger partial charge in [0.1, 0.15) is 5.69 Å². The van der Waals surface area contributed by atoms with Crippen molar-refractivity contribution in [2.75, 3.05) is 18.8 Å². The molecule has 0 bridgehead atoms. The minimum Gasteiger partial charge on any atom is -0.375 e. The molecule has 6 heteroatoms. The lowest BCUT2D eigenvalue weighted by Gasteiger charge is -2.46. The molecule has 1 aliphatic heterocycles. The van der Waals surface area contributed by atoms with Gasteiger partial charge in [-0.25, -0.2) is 4.98 Å². The van der Waals surface area contributed by atoms with Crippen molar-refractivity contribution in [3.8, 4) is 0 Å². The quantitative estimate of drug-likeness (QED) is 0.843. The van der Waals surface area contributed by atoms with Gasteiger partial charge in [0.2, 0.25) is 0 Å². The molecule has 1 amide bonds. The Hall–Kier alpha value is -1.14. The van der Waals surface area contributed by atoms with E-state index in [1.54, 1.807) is 10.3 Å². The van der Waals surface area contributed by atoms with Gasteiger partial charge >= 0.3 is 0 Å². The molecule has 1 aromatic rings.